The molecule has 6 nitrogen and oxygen atoms in total. The average Bonchev–Trinajstić information content (AvgIpc) is 3.02. The zero-order valence-corrected chi connectivity index (χ0v) is 12.0. The van der Waals surface area contributed by atoms with Crippen molar-refractivity contribution < 1.29 is 9.90 Å². The zero-order chi connectivity index (χ0) is 14.5. The normalized spacial score (nSPS) is 9.95. The maximum absolute atomic E-state index is 12.1. The first-order valence-corrected chi connectivity index (χ1v) is 6.85. The molecule has 0 aromatic carbocycles. The van der Waals surface area contributed by atoms with Crippen molar-refractivity contribution in [1.29, 1.82) is 0 Å². The number of rotatable bonds is 3. The van der Waals surface area contributed by atoms with Gasteiger partial charge in [0.15, 0.2) is 5.13 Å². The summed E-state index contributed by atoms with van der Waals surface area (Å²) in [4.78, 5) is 16.9. The molecule has 1 amide bonds. The van der Waals surface area contributed by atoms with E-state index in [2.05, 4.69) is 27.2 Å². The second-order valence-electron chi connectivity index (χ2n) is 3.94. The predicted octanol–water partition coefficient (Wildman–Crippen LogP) is 1.04. The van der Waals surface area contributed by atoms with Crippen molar-refractivity contribution in [2.75, 3.05) is 11.9 Å². The molecule has 2 aromatic rings. The number of hydrogen-bond acceptors (Lipinski definition) is 5. The van der Waals surface area contributed by atoms with Crippen LogP contribution in [0.1, 0.15) is 28.0 Å². The summed E-state index contributed by atoms with van der Waals surface area (Å²) in [5, 5.41) is 16.0. The largest absolute Gasteiger partial charge is 0.384 e. The molecule has 20 heavy (non-hydrogen) atoms. The number of nitrogens with one attached hydrogen (secondary N) is 1. The van der Waals surface area contributed by atoms with Crippen LogP contribution >= 0.6 is 11.3 Å². The Morgan fingerprint density at radius 2 is 2.40 bits per heavy atom. The highest BCUT2D eigenvalue weighted by Crippen LogP contribution is 2.18. The molecular weight excluding hydrogens is 276 g/mol. The van der Waals surface area contributed by atoms with Crippen molar-refractivity contribution >= 4 is 22.4 Å². The maximum atomic E-state index is 12.1. The molecule has 0 aliphatic carbocycles. The van der Waals surface area contributed by atoms with Gasteiger partial charge in [-0.1, -0.05) is 30.1 Å². The summed E-state index contributed by atoms with van der Waals surface area (Å²) in [7, 11) is 1.73. The van der Waals surface area contributed by atoms with E-state index in [0.29, 0.717) is 15.7 Å². The molecule has 0 spiro atoms. The average molecular weight is 290 g/mol. The zero-order valence-electron chi connectivity index (χ0n) is 11.2. The van der Waals surface area contributed by atoms with E-state index in [-0.39, 0.29) is 12.5 Å². The minimum Gasteiger partial charge on any atom is -0.384 e. The third kappa shape index (κ3) is 3.23. The van der Waals surface area contributed by atoms with Gasteiger partial charge in [0.25, 0.3) is 5.91 Å². The topological polar surface area (TPSA) is 80.0 Å². The van der Waals surface area contributed by atoms with Crippen LogP contribution in [-0.2, 0) is 13.5 Å². The number of aromatic nitrogens is 3. The highest BCUT2D eigenvalue weighted by atomic mass is 32.1. The number of anilines is 1. The Labute approximate surface area is 120 Å². The molecule has 7 heteroatoms. The van der Waals surface area contributed by atoms with Crippen molar-refractivity contribution in [2.24, 2.45) is 7.05 Å². The first-order chi connectivity index (χ1) is 9.63. The van der Waals surface area contributed by atoms with Gasteiger partial charge in [0.2, 0.25) is 0 Å². The third-order valence-electron chi connectivity index (χ3n) is 2.54. The lowest BCUT2D eigenvalue weighted by Gasteiger charge is -2.00. The van der Waals surface area contributed by atoms with Gasteiger partial charge in [0.05, 0.1) is 16.8 Å². The number of hydrogen-bond donors (Lipinski definition) is 2. The van der Waals surface area contributed by atoms with Crippen LogP contribution < -0.4 is 5.32 Å². The summed E-state index contributed by atoms with van der Waals surface area (Å²) in [5.74, 6) is 5.02. The molecule has 0 saturated heterocycles. The molecule has 0 fully saturated rings. The minimum atomic E-state index is -0.254. The van der Waals surface area contributed by atoms with Gasteiger partial charge in [0, 0.05) is 7.05 Å². The number of aliphatic hydroxyl groups is 1. The third-order valence-corrected chi connectivity index (χ3v) is 3.37. The van der Waals surface area contributed by atoms with E-state index in [1.165, 1.54) is 11.3 Å². The second kappa shape index (κ2) is 6.32. The Balaban J connectivity index is 2.11. The molecule has 2 heterocycles. The number of amides is 1. The van der Waals surface area contributed by atoms with Gasteiger partial charge in [-0.25, -0.2) is 4.98 Å². The number of aliphatic hydroxyl groups excluding tert-OH is 1. The molecule has 0 atom stereocenters. The SMILES string of the molecule is CCc1cc(C(=O)Nc2ncc(C#CCO)s2)n(C)n1. The van der Waals surface area contributed by atoms with Crippen molar-refractivity contribution in [3.8, 4) is 11.8 Å². The van der Waals surface area contributed by atoms with Crippen LogP contribution in [0.15, 0.2) is 12.3 Å². The number of carbonyl (C=O) groups excluding carboxylic acids is 1. The lowest BCUT2D eigenvalue weighted by molar-refractivity contribution is 0.101. The van der Waals surface area contributed by atoms with Crippen molar-refractivity contribution in [2.45, 2.75) is 13.3 Å². The highest BCUT2D eigenvalue weighted by molar-refractivity contribution is 7.16. The van der Waals surface area contributed by atoms with E-state index < -0.39 is 0 Å². The van der Waals surface area contributed by atoms with Crippen LogP contribution in [0.3, 0.4) is 0 Å². The first-order valence-electron chi connectivity index (χ1n) is 6.04. The summed E-state index contributed by atoms with van der Waals surface area (Å²) in [6.07, 6.45) is 2.34. The van der Waals surface area contributed by atoms with Gasteiger partial charge < -0.3 is 5.11 Å². The van der Waals surface area contributed by atoms with Gasteiger partial charge in [-0.3, -0.25) is 14.8 Å². The number of aryl methyl sites for hydroxylation is 2. The first kappa shape index (κ1) is 14.2. The number of carbonyl (C=O) groups is 1. The molecular formula is C13H14N4O2S. The molecule has 0 aliphatic heterocycles. The van der Waals surface area contributed by atoms with E-state index in [1.54, 1.807) is 24.0 Å². The fourth-order valence-corrected chi connectivity index (χ4v) is 2.28. The minimum absolute atomic E-state index is 0.200. The van der Waals surface area contributed by atoms with E-state index in [9.17, 15) is 4.79 Å². The van der Waals surface area contributed by atoms with Crippen LogP contribution in [-0.4, -0.2) is 32.4 Å². The lowest BCUT2D eigenvalue weighted by Crippen LogP contribution is -2.15. The van der Waals surface area contributed by atoms with E-state index in [4.69, 9.17) is 5.11 Å². The van der Waals surface area contributed by atoms with Gasteiger partial charge in [-0.05, 0) is 12.5 Å². The molecule has 0 aliphatic rings. The van der Waals surface area contributed by atoms with Crippen LogP contribution in [0.25, 0.3) is 0 Å². The molecule has 2 rings (SSSR count). The lowest BCUT2D eigenvalue weighted by atomic mass is 10.3. The highest BCUT2D eigenvalue weighted by Gasteiger charge is 2.14. The monoisotopic (exact) mass is 290 g/mol. The Kier molecular flexibility index (Phi) is 4.50. The molecule has 0 unspecified atom stereocenters. The molecule has 0 saturated carbocycles. The maximum Gasteiger partial charge on any atom is 0.275 e. The van der Waals surface area contributed by atoms with Gasteiger partial charge >= 0.3 is 0 Å². The van der Waals surface area contributed by atoms with Crippen LogP contribution in [0.2, 0.25) is 0 Å². The van der Waals surface area contributed by atoms with Gasteiger partial charge in [-0.2, -0.15) is 5.10 Å². The molecule has 2 aromatic heterocycles. The van der Waals surface area contributed by atoms with Gasteiger partial charge in [0.1, 0.15) is 12.3 Å². The summed E-state index contributed by atoms with van der Waals surface area (Å²) in [6.45, 7) is 1.78. The Morgan fingerprint density at radius 1 is 1.60 bits per heavy atom. The number of nitrogens with zero attached hydrogens (tertiary/aromatic N) is 3. The molecule has 0 radical (unpaired) electrons. The smallest absolute Gasteiger partial charge is 0.275 e. The summed E-state index contributed by atoms with van der Waals surface area (Å²) >= 11 is 1.26. The van der Waals surface area contributed by atoms with Crippen LogP contribution in [0.4, 0.5) is 5.13 Å². The van der Waals surface area contributed by atoms with Crippen LogP contribution in [0, 0.1) is 11.8 Å². The van der Waals surface area contributed by atoms with Gasteiger partial charge in [-0.15, -0.1) is 0 Å². The van der Waals surface area contributed by atoms with Crippen LogP contribution in [0.5, 0.6) is 0 Å². The molecule has 2 N–H and O–H groups in total. The van der Waals surface area contributed by atoms with E-state index in [0.717, 1.165) is 12.1 Å². The second-order valence-corrected chi connectivity index (χ2v) is 4.97. The molecule has 104 valence electrons. The van der Waals surface area contributed by atoms with E-state index >= 15 is 0 Å². The molecule has 0 bridgehead atoms. The van der Waals surface area contributed by atoms with Crippen molar-refractivity contribution in [1.82, 2.24) is 14.8 Å². The Bertz CT molecular complexity index is 678. The number of thiazole rings is 1. The Morgan fingerprint density at radius 3 is 3.05 bits per heavy atom. The van der Waals surface area contributed by atoms with Crippen molar-refractivity contribution in [3.63, 3.8) is 0 Å². The summed E-state index contributed by atoms with van der Waals surface area (Å²) < 4.78 is 1.55. The Hall–Kier alpha value is -2.17. The quantitative estimate of drug-likeness (QED) is 0.828. The fraction of sp³-hybridized carbons (Fsp3) is 0.308. The van der Waals surface area contributed by atoms with Crippen molar-refractivity contribution in [3.05, 3.63) is 28.5 Å². The fourth-order valence-electron chi connectivity index (χ4n) is 1.59. The predicted molar refractivity (Wildman–Crippen MR) is 76.6 cm³/mol. The van der Waals surface area contributed by atoms with E-state index in [1.807, 2.05) is 6.92 Å². The summed E-state index contributed by atoms with van der Waals surface area (Å²) in [5.41, 5.74) is 1.35. The summed E-state index contributed by atoms with van der Waals surface area (Å²) in [6, 6.07) is 1.76. The standard InChI is InChI=1S/C13H14N4O2S/c1-3-9-7-11(17(2)16-9)12(19)15-13-14-8-10(20-13)5-4-6-18/h7-8,18H,3,6H2,1-2H3,(H,14,15,19).